The maximum absolute atomic E-state index is 10.4. The molecule has 0 fully saturated rings. The van der Waals surface area contributed by atoms with E-state index in [1.54, 1.807) is 18.2 Å². The van der Waals surface area contributed by atoms with Gasteiger partial charge in [0.25, 0.3) is 0 Å². The molecule has 0 aliphatic heterocycles. The Labute approximate surface area is 86.5 Å². The first-order chi connectivity index (χ1) is 6.52. The number of halogens is 1. The van der Waals surface area contributed by atoms with Gasteiger partial charge in [0, 0.05) is 6.04 Å². The van der Waals surface area contributed by atoms with E-state index in [4.69, 9.17) is 28.2 Å². The molecule has 14 heavy (non-hydrogen) atoms. The van der Waals surface area contributed by atoms with Crippen LogP contribution in [-0.2, 0) is 4.79 Å². The van der Waals surface area contributed by atoms with Crippen LogP contribution >= 0.6 is 11.6 Å². The van der Waals surface area contributed by atoms with Gasteiger partial charge >= 0.3 is 5.97 Å². The molecule has 76 valence electrons. The Bertz CT molecular complexity index is 355. The van der Waals surface area contributed by atoms with Crippen molar-refractivity contribution >= 4 is 23.3 Å². The molecule has 0 saturated carbocycles. The van der Waals surface area contributed by atoms with Gasteiger partial charge < -0.3 is 16.6 Å². The number of carboxylic acid groups (broad SMARTS) is 1. The molecule has 5 N–H and O–H groups in total. The van der Waals surface area contributed by atoms with E-state index in [0.717, 1.165) is 0 Å². The van der Waals surface area contributed by atoms with Gasteiger partial charge in [-0.2, -0.15) is 0 Å². The highest BCUT2D eigenvalue weighted by molar-refractivity contribution is 6.33. The van der Waals surface area contributed by atoms with Gasteiger partial charge in [-0.25, -0.2) is 0 Å². The number of nitrogens with two attached hydrogens (primary N) is 2. The number of hydrogen-bond acceptors (Lipinski definition) is 3. The van der Waals surface area contributed by atoms with Crippen LogP contribution in [-0.4, -0.2) is 11.1 Å². The largest absolute Gasteiger partial charge is 0.481 e. The van der Waals surface area contributed by atoms with Crippen LogP contribution in [0.4, 0.5) is 5.69 Å². The van der Waals surface area contributed by atoms with E-state index < -0.39 is 12.0 Å². The fourth-order valence-corrected chi connectivity index (χ4v) is 1.36. The average molecular weight is 215 g/mol. The molecule has 1 aromatic carbocycles. The fraction of sp³-hybridized carbons (Fsp3) is 0.222. The number of rotatable bonds is 3. The summed E-state index contributed by atoms with van der Waals surface area (Å²) in [5, 5.41) is 8.94. The molecular formula is C9H11ClN2O2. The monoisotopic (exact) mass is 214 g/mol. The molecule has 0 radical (unpaired) electrons. The van der Waals surface area contributed by atoms with Crippen LogP contribution in [0.25, 0.3) is 0 Å². The number of carbonyl (C=O) groups is 1. The Morgan fingerprint density at radius 1 is 1.57 bits per heavy atom. The Kier molecular flexibility index (Phi) is 3.33. The quantitative estimate of drug-likeness (QED) is 0.664. The van der Waals surface area contributed by atoms with Crippen LogP contribution in [0.2, 0.25) is 5.02 Å². The SMILES string of the molecule is Nc1c(Cl)cccc1C(N)CC(=O)O. The van der Waals surface area contributed by atoms with Crippen LogP contribution in [0, 0.1) is 0 Å². The first kappa shape index (κ1) is 10.8. The Balaban J connectivity index is 2.95. The summed E-state index contributed by atoms with van der Waals surface area (Å²) < 4.78 is 0. The summed E-state index contributed by atoms with van der Waals surface area (Å²) in [5.74, 6) is -0.961. The lowest BCUT2D eigenvalue weighted by atomic mass is 10.0. The zero-order valence-corrected chi connectivity index (χ0v) is 8.16. The minimum Gasteiger partial charge on any atom is -0.481 e. The van der Waals surface area contributed by atoms with Gasteiger partial charge in [0.1, 0.15) is 0 Å². The number of para-hydroxylation sites is 1. The summed E-state index contributed by atoms with van der Waals surface area (Å²) in [5.41, 5.74) is 12.2. The third kappa shape index (κ3) is 2.37. The van der Waals surface area contributed by atoms with Crippen molar-refractivity contribution < 1.29 is 9.90 Å². The van der Waals surface area contributed by atoms with Gasteiger partial charge in [-0.15, -0.1) is 0 Å². The normalized spacial score (nSPS) is 12.4. The fourth-order valence-electron chi connectivity index (χ4n) is 1.18. The van der Waals surface area contributed by atoms with Crippen molar-refractivity contribution in [2.75, 3.05) is 5.73 Å². The minimum absolute atomic E-state index is 0.162. The Morgan fingerprint density at radius 3 is 2.79 bits per heavy atom. The lowest BCUT2D eigenvalue weighted by Crippen LogP contribution is -2.16. The number of benzene rings is 1. The maximum atomic E-state index is 10.4. The summed E-state index contributed by atoms with van der Waals surface area (Å²) >= 11 is 5.77. The molecular weight excluding hydrogens is 204 g/mol. The topological polar surface area (TPSA) is 89.3 Å². The van der Waals surface area contributed by atoms with Gasteiger partial charge in [-0.3, -0.25) is 4.79 Å². The van der Waals surface area contributed by atoms with Gasteiger partial charge in [-0.1, -0.05) is 23.7 Å². The number of hydrogen-bond donors (Lipinski definition) is 3. The van der Waals surface area contributed by atoms with E-state index in [1.165, 1.54) is 0 Å². The van der Waals surface area contributed by atoms with Crippen LogP contribution in [0.3, 0.4) is 0 Å². The van der Waals surface area contributed by atoms with Crippen molar-refractivity contribution in [1.82, 2.24) is 0 Å². The summed E-state index contributed by atoms with van der Waals surface area (Å²) in [4.78, 5) is 10.4. The van der Waals surface area contributed by atoms with Crippen LogP contribution in [0.15, 0.2) is 18.2 Å². The molecule has 4 nitrogen and oxygen atoms in total. The average Bonchev–Trinajstić information content (AvgIpc) is 2.08. The third-order valence-electron chi connectivity index (χ3n) is 1.88. The summed E-state index contributed by atoms with van der Waals surface area (Å²) in [6.07, 6.45) is -0.162. The second-order valence-corrected chi connectivity index (χ2v) is 3.35. The van der Waals surface area contributed by atoms with E-state index >= 15 is 0 Å². The molecule has 0 aliphatic carbocycles. The molecule has 0 spiro atoms. The predicted octanol–water partition coefficient (Wildman–Crippen LogP) is 1.40. The van der Waals surface area contributed by atoms with Crippen LogP contribution in [0.5, 0.6) is 0 Å². The molecule has 5 heteroatoms. The summed E-state index contributed by atoms with van der Waals surface area (Å²) in [7, 11) is 0. The zero-order valence-electron chi connectivity index (χ0n) is 7.40. The molecule has 0 aliphatic rings. The molecule has 0 saturated heterocycles. The highest BCUT2D eigenvalue weighted by atomic mass is 35.5. The molecule has 0 bridgehead atoms. The Hall–Kier alpha value is -1.26. The van der Waals surface area contributed by atoms with Gasteiger partial charge in [0.15, 0.2) is 0 Å². The van der Waals surface area contributed by atoms with Crippen molar-refractivity contribution in [3.8, 4) is 0 Å². The maximum Gasteiger partial charge on any atom is 0.305 e. The number of carboxylic acids is 1. The molecule has 1 atom stereocenters. The van der Waals surface area contributed by atoms with Crippen molar-refractivity contribution in [3.63, 3.8) is 0 Å². The smallest absolute Gasteiger partial charge is 0.305 e. The lowest BCUT2D eigenvalue weighted by molar-refractivity contribution is -0.137. The van der Waals surface area contributed by atoms with Crippen molar-refractivity contribution in [2.45, 2.75) is 12.5 Å². The second-order valence-electron chi connectivity index (χ2n) is 2.95. The summed E-state index contributed by atoms with van der Waals surface area (Å²) in [6, 6.07) is 4.38. The zero-order chi connectivity index (χ0) is 10.7. The predicted molar refractivity (Wildman–Crippen MR) is 55.0 cm³/mol. The minimum atomic E-state index is -0.961. The summed E-state index contributed by atoms with van der Waals surface area (Å²) in [6.45, 7) is 0. The molecule has 1 unspecified atom stereocenters. The highest BCUT2D eigenvalue weighted by Gasteiger charge is 2.14. The van der Waals surface area contributed by atoms with Crippen LogP contribution < -0.4 is 11.5 Å². The first-order valence-corrected chi connectivity index (χ1v) is 4.41. The number of aliphatic carboxylic acids is 1. The molecule has 1 rings (SSSR count). The van der Waals surface area contributed by atoms with E-state index in [0.29, 0.717) is 16.3 Å². The van der Waals surface area contributed by atoms with E-state index in [9.17, 15) is 4.79 Å². The highest BCUT2D eigenvalue weighted by Crippen LogP contribution is 2.27. The standard InChI is InChI=1S/C9H11ClN2O2/c10-6-3-1-2-5(9(6)12)7(11)4-8(13)14/h1-3,7H,4,11-12H2,(H,13,14). The van der Waals surface area contributed by atoms with Gasteiger partial charge in [-0.05, 0) is 11.6 Å². The van der Waals surface area contributed by atoms with Gasteiger partial charge in [0.05, 0.1) is 17.1 Å². The number of nitrogen functional groups attached to an aromatic ring is 1. The number of anilines is 1. The van der Waals surface area contributed by atoms with E-state index in [1.807, 2.05) is 0 Å². The van der Waals surface area contributed by atoms with Crippen LogP contribution in [0.1, 0.15) is 18.0 Å². The van der Waals surface area contributed by atoms with E-state index in [2.05, 4.69) is 0 Å². The molecule has 0 amide bonds. The molecule has 0 heterocycles. The van der Waals surface area contributed by atoms with Crippen molar-refractivity contribution in [2.24, 2.45) is 5.73 Å². The lowest BCUT2D eigenvalue weighted by Gasteiger charge is -2.12. The second kappa shape index (κ2) is 4.30. The molecule has 1 aromatic rings. The first-order valence-electron chi connectivity index (χ1n) is 4.03. The van der Waals surface area contributed by atoms with Crippen molar-refractivity contribution in [1.29, 1.82) is 0 Å². The third-order valence-corrected chi connectivity index (χ3v) is 2.21. The Morgan fingerprint density at radius 2 is 2.21 bits per heavy atom. The molecule has 0 aromatic heterocycles. The van der Waals surface area contributed by atoms with E-state index in [-0.39, 0.29) is 6.42 Å². The van der Waals surface area contributed by atoms with Gasteiger partial charge in [0.2, 0.25) is 0 Å². The van der Waals surface area contributed by atoms with Crippen molar-refractivity contribution in [3.05, 3.63) is 28.8 Å².